The second-order valence-corrected chi connectivity index (χ2v) is 7.28. The molecule has 4 nitrogen and oxygen atoms in total. The molecule has 3 aromatic rings. The van der Waals surface area contributed by atoms with Crippen LogP contribution in [-0.2, 0) is 0 Å². The maximum absolute atomic E-state index is 10.8. The highest BCUT2D eigenvalue weighted by atomic mass is 32.2. The number of carbonyl (C=O) groups is 1. The molecule has 3 rings (SSSR count). The minimum absolute atomic E-state index is 0.0861. The van der Waals surface area contributed by atoms with Crippen molar-refractivity contribution < 1.29 is 4.79 Å². The van der Waals surface area contributed by atoms with Crippen molar-refractivity contribution in [2.24, 2.45) is 0 Å². The lowest BCUT2D eigenvalue weighted by atomic mass is 10.2. The Morgan fingerprint density at radius 3 is 2.71 bits per heavy atom. The molecular formula is C19H17N3OS. The summed E-state index contributed by atoms with van der Waals surface area (Å²) < 4.78 is 1.86. The first-order valence-electron chi connectivity index (χ1n) is 7.49. The number of nitrogens with zero attached hydrogens (tertiary/aromatic N) is 3. The van der Waals surface area contributed by atoms with Crippen LogP contribution in [0.15, 0.2) is 42.9 Å². The van der Waals surface area contributed by atoms with Crippen LogP contribution in [0.2, 0.25) is 0 Å². The minimum Gasteiger partial charge on any atom is -0.300 e. The number of carbonyl (C=O) groups excluding carboxylic acids is 1. The number of rotatable bonds is 3. The highest BCUT2D eigenvalue weighted by molar-refractivity contribution is 8.00. The molecule has 0 aliphatic rings. The van der Waals surface area contributed by atoms with Crippen molar-refractivity contribution in [3.05, 3.63) is 54.1 Å². The summed E-state index contributed by atoms with van der Waals surface area (Å²) in [5.41, 5.74) is 3.02. The first-order valence-corrected chi connectivity index (χ1v) is 8.72. The van der Waals surface area contributed by atoms with Gasteiger partial charge in [0.1, 0.15) is 11.3 Å². The van der Waals surface area contributed by atoms with E-state index in [1.165, 1.54) is 0 Å². The molecule has 0 atom stereocenters. The quantitative estimate of drug-likeness (QED) is 0.540. The highest BCUT2D eigenvalue weighted by Crippen LogP contribution is 2.20. The van der Waals surface area contributed by atoms with Crippen LogP contribution in [0.1, 0.15) is 29.9 Å². The van der Waals surface area contributed by atoms with Crippen LogP contribution in [0.4, 0.5) is 0 Å². The van der Waals surface area contributed by atoms with Gasteiger partial charge in [0.2, 0.25) is 0 Å². The van der Waals surface area contributed by atoms with E-state index >= 15 is 0 Å². The van der Waals surface area contributed by atoms with Crippen molar-refractivity contribution in [1.82, 2.24) is 14.5 Å². The maximum atomic E-state index is 10.8. The predicted molar refractivity (Wildman–Crippen MR) is 98.7 cm³/mol. The van der Waals surface area contributed by atoms with Crippen LogP contribution in [0.25, 0.3) is 16.7 Å². The molecule has 0 radical (unpaired) electrons. The monoisotopic (exact) mass is 335 g/mol. The fraction of sp³-hybridized carbons (Fsp3) is 0.211. The molecule has 0 aromatic carbocycles. The van der Waals surface area contributed by atoms with Crippen molar-refractivity contribution in [2.75, 3.05) is 6.26 Å². The maximum Gasteiger partial charge on any atom is 0.151 e. The van der Waals surface area contributed by atoms with E-state index in [9.17, 15) is 4.79 Å². The van der Waals surface area contributed by atoms with Crippen LogP contribution in [-0.4, -0.2) is 31.8 Å². The van der Waals surface area contributed by atoms with Crippen molar-refractivity contribution in [3.63, 3.8) is 0 Å². The van der Waals surface area contributed by atoms with E-state index in [0.29, 0.717) is 5.56 Å². The molecule has 0 aliphatic carbocycles. The van der Waals surface area contributed by atoms with Gasteiger partial charge in [0.25, 0.3) is 0 Å². The Hall–Kier alpha value is -2.58. The molecule has 0 saturated carbocycles. The molecule has 0 saturated heterocycles. The summed E-state index contributed by atoms with van der Waals surface area (Å²) in [6, 6.07) is 7.63. The van der Waals surface area contributed by atoms with Gasteiger partial charge < -0.3 is 0 Å². The summed E-state index contributed by atoms with van der Waals surface area (Å²) in [7, 11) is 0. The summed E-state index contributed by atoms with van der Waals surface area (Å²) in [5, 5.41) is 0.921. The third kappa shape index (κ3) is 3.34. The molecule has 3 aromatic heterocycles. The Kier molecular flexibility index (Phi) is 4.41. The number of hydrogen-bond acceptors (Lipinski definition) is 4. The number of hydrogen-bond donors (Lipinski definition) is 0. The largest absolute Gasteiger partial charge is 0.300 e. The summed E-state index contributed by atoms with van der Waals surface area (Å²) in [6.45, 7) is 4.18. The molecule has 0 amide bonds. The molecule has 0 N–H and O–H groups in total. The van der Waals surface area contributed by atoms with Gasteiger partial charge in [-0.15, -0.1) is 11.8 Å². The summed E-state index contributed by atoms with van der Waals surface area (Å²) in [4.78, 5) is 19.6. The summed E-state index contributed by atoms with van der Waals surface area (Å²) in [5.74, 6) is 6.33. The first kappa shape index (κ1) is 16.3. The van der Waals surface area contributed by atoms with Gasteiger partial charge in [-0.3, -0.25) is 9.36 Å². The molecular weight excluding hydrogens is 318 g/mol. The van der Waals surface area contributed by atoms with E-state index in [1.54, 1.807) is 24.2 Å². The third-order valence-electron chi connectivity index (χ3n) is 3.71. The van der Waals surface area contributed by atoms with Gasteiger partial charge in [-0.25, -0.2) is 9.97 Å². The molecule has 24 heavy (non-hydrogen) atoms. The molecule has 0 fully saturated rings. The molecule has 120 valence electrons. The highest BCUT2D eigenvalue weighted by Gasteiger charge is 2.11. The van der Waals surface area contributed by atoms with Gasteiger partial charge >= 0.3 is 0 Å². The predicted octanol–water partition coefficient (Wildman–Crippen LogP) is 3.73. The number of aldehydes is 1. The van der Waals surface area contributed by atoms with E-state index in [-0.39, 0.29) is 4.75 Å². The number of aromatic nitrogens is 3. The van der Waals surface area contributed by atoms with Gasteiger partial charge in [-0.05, 0) is 50.3 Å². The average molecular weight is 335 g/mol. The van der Waals surface area contributed by atoms with Crippen molar-refractivity contribution >= 4 is 29.1 Å². The zero-order valence-corrected chi connectivity index (χ0v) is 14.6. The van der Waals surface area contributed by atoms with E-state index in [1.807, 2.05) is 41.3 Å². The fourth-order valence-corrected chi connectivity index (χ4v) is 2.33. The number of pyridine rings is 2. The summed E-state index contributed by atoms with van der Waals surface area (Å²) in [6.07, 6.45) is 8.13. The SMILES string of the molecule is CSC(C)(C)C#Cc1ccc(-n2ccc3cc(C=O)cnc32)cn1. The van der Waals surface area contributed by atoms with Crippen LogP contribution in [0, 0.1) is 11.8 Å². The number of thioether (sulfide) groups is 1. The Morgan fingerprint density at radius 1 is 1.21 bits per heavy atom. The lowest BCUT2D eigenvalue weighted by molar-refractivity contribution is 0.112. The van der Waals surface area contributed by atoms with Gasteiger partial charge in [0.15, 0.2) is 6.29 Å². The molecule has 5 heteroatoms. The molecule has 0 spiro atoms. The first-order chi connectivity index (χ1) is 11.5. The lowest BCUT2D eigenvalue weighted by Gasteiger charge is -2.12. The third-order valence-corrected chi connectivity index (χ3v) is 4.83. The average Bonchev–Trinajstić information content (AvgIpc) is 3.03. The van der Waals surface area contributed by atoms with E-state index in [0.717, 1.165) is 28.7 Å². The molecule has 3 heterocycles. The molecule has 0 aliphatic heterocycles. The van der Waals surface area contributed by atoms with Gasteiger partial charge in [-0.2, -0.15) is 0 Å². The van der Waals surface area contributed by atoms with Gasteiger partial charge in [0.05, 0.1) is 16.6 Å². The Bertz CT molecular complexity index is 946. The second kappa shape index (κ2) is 6.50. The van der Waals surface area contributed by atoms with Crippen molar-refractivity contribution in [3.8, 4) is 17.5 Å². The van der Waals surface area contributed by atoms with Crippen molar-refractivity contribution in [2.45, 2.75) is 18.6 Å². The van der Waals surface area contributed by atoms with Crippen LogP contribution >= 0.6 is 11.8 Å². The Labute approximate surface area is 145 Å². The van der Waals surface area contributed by atoms with Crippen LogP contribution in [0.5, 0.6) is 0 Å². The van der Waals surface area contributed by atoms with Crippen molar-refractivity contribution in [1.29, 1.82) is 0 Å². The standard InChI is InChI=1S/C19H17N3OS/c1-19(2,24-3)8-6-16-4-5-17(12-20-16)22-9-7-15-10-14(13-23)11-21-18(15)22/h4-5,7,9-13H,1-3H3. The van der Waals surface area contributed by atoms with E-state index < -0.39 is 0 Å². The Balaban J connectivity index is 1.93. The zero-order valence-electron chi connectivity index (χ0n) is 13.8. The van der Waals surface area contributed by atoms with E-state index in [2.05, 4.69) is 35.7 Å². The number of fused-ring (bicyclic) bond motifs is 1. The lowest BCUT2D eigenvalue weighted by Crippen LogP contribution is -2.09. The van der Waals surface area contributed by atoms with E-state index in [4.69, 9.17) is 0 Å². The summed E-state index contributed by atoms with van der Waals surface area (Å²) >= 11 is 1.71. The Morgan fingerprint density at radius 2 is 2.04 bits per heavy atom. The van der Waals surface area contributed by atoms with Crippen LogP contribution < -0.4 is 0 Å². The van der Waals surface area contributed by atoms with Crippen LogP contribution in [0.3, 0.4) is 0 Å². The normalized spacial score (nSPS) is 11.1. The zero-order chi connectivity index (χ0) is 17.2. The van der Waals surface area contributed by atoms with Gasteiger partial charge in [0, 0.05) is 23.3 Å². The minimum atomic E-state index is -0.0861. The smallest absolute Gasteiger partial charge is 0.151 e. The second-order valence-electron chi connectivity index (χ2n) is 5.85. The van der Waals surface area contributed by atoms with Gasteiger partial charge in [-0.1, -0.05) is 5.92 Å². The topological polar surface area (TPSA) is 47.8 Å². The molecule has 0 bridgehead atoms. The molecule has 0 unspecified atom stereocenters. The fourth-order valence-electron chi connectivity index (χ4n) is 2.18.